The van der Waals surface area contributed by atoms with Crippen LogP contribution in [0.2, 0.25) is 0 Å². The smallest absolute Gasteiger partial charge is 0.348 e. The number of carboxylic acid groups (broad SMARTS) is 1. The average molecular weight is 405 g/mol. The van der Waals surface area contributed by atoms with Crippen LogP contribution >= 0.6 is 0 Å². The van der Waals surface area contributed by atoms with Crippen LogP contribution in [-0.4, -0.2) is 22.7 Å². The predicted octanol–water partition coefficient (Wildman–Crippen LogP) is 7.55. The fraction of sp³-hybridized carbons (Fsp3) is 0.957. The van der Waals surface area contributed by atoms with Gasteiger partial charge in [-0.3, -0.25) is 0 Å². The molecule has 164 valence electrons. The summed E-state index contributed by atoms with van der Waals surface area (Å²) in [6, 6.07) is 0. The molecule has 0 heterocycles. The summed E-state index contributed by atoms with van der Waals surface area (Å²) in [6.07, 6.45) is 10.9. The van der Waals surface area contributed by atoms with Crippen molar-refractivity contribution in [2.24, 2.45) is 17.3 Å². The third-order valence-corrected chi connectivity index (χ3v) is 7.82. The molecule has 0 radical (unpaired) electrons. The van der Waals surface area contributed by atoms with Crippen LogP contribution < -0.4 is 0 Å². The van der Waals surface area contributed by atoms with Gasteiger partial charge in [-0.25, -0.2) is 18.0 Å². The zero-order valence-electron chi connectivity index (χ0n) is 17.8. The van der Waals surface area contributed by atoms with Gasteiger partial charge in [0.2, 0.25) is 0 Å². The van der Waals surface area contributed by atoms with E-state index in [-0.39, 0.29) is 31.6 Å². The summed E-state index contributed by atoms with van der Waals surface area (Å²) in [4.78, 5) is 12.0. The quantitative estimate of drug-likeness (QED) is 0.382. The average Bonchev–Trinajstić information content (AvgIpc) is 2.68. The summed E-state index contributed by atoms with van der Waals surface area (Å²) >= 11 is 0. The minimum atomic E-state index is -3.81. The van der Waals surface area contributed by atoms with Crippen molar-refractivity contribution < 1.29 is 23.1 Å². The van der Waals surface area contributed by atoms with Crippen molar-refractivity contribution in [2.75, 3.05) is 0 Å². The Morgan fingerprint density at radius 2 is 1.54 bits per heavy atom. The molecule has 0 aliphatic heterocycles. The van der Waals surface area contributed by atoms with Gasteiger partial charge in [0.1, 0.15) is 0 Å². The molecule has 1 unspecified atom stereocenters. The van der Waals surface area contributed by atoms with Gasteiger partial charge in [0.05, 0.1) is 0 Å². The topological polar surface area (TPSA) is 37.3 Å². The second kappa shape index (κ2) is 9.84. The number of unbranched alkanes of at least 4 members (excludes halogenated alkanes) is 5. The first-order valence-electron chi connectivity index (χ1n) is 11.6. The lowest BCUT2D eigenvalue weighted by Gasteiger charge is -2.56. The lowest BCUT2D eigenvalue weighted by atomic mass is 9.50. The molecule has 0 aromatic carbocycles. The Kier molecular flexibility index (Phi) is 8.27. The fourth-order valence-corrected chi connectivity index (χ4v) is 6.10. The van der Waals surface area contributed by atoms with Gasteiger partial charge in [-0.15, -0.1) is 0 Å². The first-order chi connectivity index (χ1) is 13.3. The Balaban J connectivity index is 2.19. The Morgan fingerprint density at radius 3 is 2.11 bits per heavy atom. The normalized spacial score (nSPS) is 33.7. The second-order valence-corrected chi connectivity index (χ2v) is 9.22. The molecule has 28 heavy (non-hydrogen) atoms. The van der Waals surface area contributed by atoms with Gasteiger partial charge < -0.3 is 5.11 Å². The molecule has 5 heteroatoms. The van der Waals surface area contributed by atoms with Crippen LogP contribution in [-0.2, 0) is 4.79 Å². The molecule has 3 atom stereocenters. The standard InChI is InChI=1S/C23H39F3O2/c1-3-5-6-7-8-10-15-19-16-17-21(4-2,18-13-11-9-12-14-18)22(24,20(27)28)23(19,25)26/h18-19H,3-17H2,1-2H3,(H,27,28)/t19-,21?,22+/m0/s1. The minimum Gasteiger partial charge on any atom is -0.479 e. The summed E-state index contributed by atoms with van der Waals surface area (Å²) in [5.41, 5.74) is -4.90. The molecule has 2 rings (SSSR count). The lowest BCUT2D eigenvalue weighted by Crippen LogP contribution is -2.69. The minimum absolute atomic E-state index is 0.166. The van der Waals surface area contributed by atoms with E-state index in [1.807, 2.05) is 0 Å². The fourth-order valence-electron chi connectivity index (χ4n) is 6.10. The number of alkyl halides is 3. The Hall–Kier alpha value is -0.740. The Morgan fingerprint density at radius 1 is 0.929 bits per heavy atom. The number of halogens is 3. The number of hydrogen-bond donors (Lipinski definition) is 1. The number of aliphatic carboxylic acids is 1. The van der Waals surface area contributed by atoms with E-state index in [9.17, 15) is 9.90 Å². The highest BCUT2D eigenvalue weighted by Crippen LogP contribution is 2.64. The molecule has 0 spiro atoms. The molecule has 2 aliphatic carbocycles. The summed E-state index contributed by atoms with van der Waals surface area (Å²) in [6.45, 7) is 3.83. The maximum absolute atomic E-state index is 16.2. The van der Waals surface area contributed by atoms with Crippen LogP contribution in [0, 0.1) is 17.3 Å². The zero-order valence-corrected chi connectivity index (χ0v) is 17.8. The van der Waals surface area contributed by atoms with Crippen LogP contribution in [0.5, 0.6) is 0 Å². The first-order valence-corrected chi connectivity index (χ1v) is 11.6. The summed E-state index contributed by atoms with van der Waals surface area (Å²) < 4.78 is 47.1. The maximum atomic E-state index is 16.2. The van der Waals surface area contributed by atoms with Crippen molar-refractivity contribution in [3.05, 3.63) is 0 Å². The zero-order chi connectivity index (χ0) is 20.8. The van der Waals surface area contributed by atoms with E-state index in [1.54, 1.807) is 6.92 Å². The van der Waals surface area contributed by atoms with Gasteiger partial charge in [-0.2, -0.15) is 0 Å². The van der Waals surface area contributed by atoms with Crippen molar-refractivity contribution in [1.29, 1.82) is 0 Å². The molecule has 0 bridgehead atoms. The van der Waals surface area contributed by atoms with Crippen molar-refractivity contribution >= 4 is 5.97 Å². The first kappa shape index (κ1) is 23.5. The molecule has 0 aromatic heterocycles. The van der Waals surface area contributed by atoms with Crippen LogP contribution in [0.4, 0.5) is 13.2 Å². The van der Waals surface area contributed by atoms with Crippen LogP contribution in [0.15, 0.2) is 0 Å². The van der Waals surface area contributed by atoms with Gasteiger partial charge in [0, 0.05) is 11.3 Å². The van der Waals surface area contributed by atoms with E-state index in [0.29, 0.717) is 19.3 Å². The van der Waals surface area contributed by atoms with E-state index in [0.717, 1.165) is 51.4 Å². The molecule has 2 aliphatic rings. The van der Waals surface area contributed by atoms with Gasteiger partial charge in [0.25, 0.3) is 11.6 Å². The number of carbonyl (C=O) groups is 1. The molecular formula is C23H39F3O2. The highest BCUT2D eigenvalue weighted by molar-refractivity contribution is 5.80. The van der Waals surface area contributed by atoms with Crippen molar-refractivity contribution in [1.82, 2.24) is 0 Å². The molecule has 0 amide bonds. The van der Waals surface area contributed by atoms with Crippen LogP contribution in [0.3, 0.4) is 0 Å². The Labute approximate surface area is 168 Å². The summed E-state index contributed by atoms with van der Waals surface area (Å²) in [5, 5.41) is 9.76. The lowest BCUT2D eigenvalue weighted by molar-refractivity contribution is -0.268. The SMILES string of the molecule is CCCCCCCC[C@H]1CCC(CC)(C2CCCCC2)[C@](F)(C(=O)O)C1(F)F. The van der Waals surface area contributed by atoms with E-state index in [1.165, 1.54) is 0 Å². The van der Waals surface area contributed by atoms with E-state index >= 15 is 13.2 Å². The summed E-state index contributed by atoms with van der Waals surface area (Å²) in [7, 11) is 0. The van der Waals surface area contributed by atoms with Crippen molar-refractivity contribution in [3.8, 4) is 0 Å². The van der Waals surface area contributed by atoms with Crippen molar-refractivity contribution in [3.63, 3.8) is 0 Å². The maximum Gasteiger partial charge on any atom is 0.348 e. The number of carboxylic acids is 1. The highest BCUT2D eigenvalue weighted by Gasteiger charge is 2.76. The molecule has 1 N–H and O–H groups in total. The predicted molar refractivity (Wildman–Crippen MR) is 106 cm³/mol. The number of hydrogen-bond acceptors (Lipinski definition) is 1. The van der Waals surface area contributed by atoms with E-state index in [4.69, 9.17) is 0 Å². The van der Waals surface area contributed by atoms with Crippen LogP contribution in [0.25, 0.3) is 0 Å². The second-order valence-electron chi connectivity index (χ2n) is 9.22. The molecule has 2 saturated carbocycles. The van der Waals surface area contributed by atoms with Gasteiger partial charge in [0.15, 0.2) is 0 Å². The monoisotopic (exact) mass is 404 g/mol. The largest absolute Gasteiger partial charge is 0.479 e. The molecular weight excluding hydrogens is 365 g/mol. The van der Waals surface area contributed by atoms with Crippen molar-refractivity contribution in [2.45, 2.75) is 122 Å². The van der Waals surface area contributed by atoms with Gasteiger partial charge in [-0.05, 0) is 44.4 Å². The third kappa shape index (κ3) is 4.09. The van der Waals surface area contributed by atoms with E-state index < -0.39 is 28.9 Å². The molecule has 0 saturated heterocycles. The Bertz CT molecular complexity index is 504. The van der Waals surface area contributed by atoms with Gasteiger partial charge >= 0.3 is 5.97 Å². The van der Waals surface area contributed by atoms with E-state index in [2.05, 4.69) is 6.92 Å². The highest BCUT2D eigenvalue weighted by atomic mass is 19.3. The third-order valence-electron chi connectivity index (χ3n) is 7.82. The summed E-state index contributed by atoms with van der Waals surface area (Å²) in [5.74, 6) is -7.18. The molecule has 2 fully saturated rings. The van der Waals surface area contributed by atoms with Crippen LogP contribution in [0.1, 0.15) is 110 Å². The molecule has 0 aromatic rings. The molecule has 2 nitrogen and oxygen atoms in total. The number of rotatable bonds is 10. The van der Waals surface area contributed by atoms with Gasteiger partial charge in [-0.1, -0.05) is 71.6 Å².